The summed E-state index contributed by atoms with van der Waals surface area (Å²) >= 11 is 0. The largest absolute Gasteiger partial charge is 0.383 e. The molecule has 2 rings (SSSR count). The van der Waals surface area contributed by atoms with Crippen molar-refractivity contribution in [1.29, 1.82) is 0 Å². The second-order valence-electron chi connectivity index (χ2n) is 4.88. The smallest absolute Gasteiger partial charge is 0.186 e. The summed E-state index contributed by atoms with van der Waals surface area (Å²) < 4.78 is 0. The summed E-state index contributed by atoms with van der Waals surface area (Å²) in [5.41, 5.74) is 2.96. The quantitative estimate of drug-likeness (QED) is 0.741. The van der Waals surface area contributed by atoms with Crippen molar-refractivity contribution in [1.82, 2.24) is 4.90 Å². The fourth-order valence-electron chi connectivity index (χ4n) is 2.23. The summed E-state index contributed by atoms with van der Waals surface area (Å²) in [7, 11) is 3.91. The predicted molar refractivity (Wildman–Crippen MR) is 75.0 cm³/mol. The van der Waals surface area contributed by atoms with Crippen molar-refractivity contribution in [3.8, 4) is 0 Å². The van der Waals surface area contributed by atoms with E-state index >= 15 is 0 Å². The first-order chi connectivity index (χ1) is 8.66. The van der Waals surface area contributed by atoms with Crippen LogP contribution in [0.4, 0.5) is 0 Å². The highest BCUT2D eigenvalue weighted by Crippen LogP contribution is 2.26. The van der Waals surface area contributed by atoms with Crippen molar-refractivity contribution >= 4 is 11.9 Å². The molecule has 1 fully saturated rings. The Balaban J connectivity index is 2.24. The van der Waals surface area contributed by atoms with E-state index < -0.39 is 0 Å². The number of hydrogen-bond acceptors (Lipinski definition) is 2. The van der Waals surface area contributed by atoms with Crippen molar-refractivity contribution in [2.75, 3.05) is 14.1 Å². The number of Topliss-reactive ketones (excluding diaryl/α,β-unsaturated/α-hetero) is 1. The zero-order chi connectivity index (χ0) is 13.0. The lowest BCUT2D eigenvalue weighted by molar-refractivity contribution is -0.113. The summed E-state index contributed by atoms with van der Waals surface area (Å²) in [6.45, 7) is 0. The number of benzene rings is 1. The van der Waals surface area contributed by atoms with E-state index in [0.29, 0.717) is 0 Å². The molecule has 1 saturated carbocycles. The van der Waals surface area contributed by atoms with Gasteiger partial charge >= 0.3 is 0 Å². The first kappa shape index (κ1) is 12.6. The van der Waals surface area contributed by atoms with Gasteiger partial charge in [0, 0.05) is 31.4 Å². The molecule has 0 amide bonds. The SMILES string of the molecule is CN(C)/C=C1\CCC/C(=C\c2ccccc2)C1=O. The number of ketones is 1. The zero-order valence-electron chi connectivity index (χ0n) is 11.0. The van der Waals surface area contributed by atoms with Crippen LogP contribution in [0.3, 0.4) is 0 Å². The summed E-state index contributed by atoms with van der Waals surface area (Å²) in [4.78, 5) is 14.2. The van der Waals surface area contributed by atoms with E-state index in [1.165, 1.54) is 0 Å². The van der Waals surface area contributed by atoms with Crippen LogP contribution in [-0.2, 0) is 4.79 Å². The Morgan fingerprint density at radius 2 is 1.72 bits per heavy atom. The summed E-state index contributed by atoms with van der Waals surface area (Å²) in [5.74, 6) is 0.207. The number of allylic oxidation sites excluding steroid dienone is 2. The molecule has 0 heterocycles. The maximum absolute atomic E-state index is 12.3. The van der Waals surface area contributed by atoms with E-state index in [-0.39, 0.29) is 5.78 Å². The van der Waals surface area contributed by atoms with Gasteiger partial charge in [0.05, 0.1) is 0 Å². The third kappa shape index (κ3) is 3.10. The summed E-state index contributed by atoms with van der Waals surface area (Å²) in [6.07, 6.45) is 6.80. The van der Waals surface area contributed by atoms with E-state index in [1.54, 1.807) is 0 Å². The molecular weight excluding hydrogens is 222 g/mol. The first-order valence-electron chi connectivity index (χ1n) is 6.34. The molecule has 94 valence electrons. The number of carbonyl (C=O) groups is 1. The van der Waals surface area contributed by atoms with Gasteiger partial charge < -0.3 is 4.90 Å². The molecule has 0 unspecified atom stereocenters. The van der Waals surface area contributed by atoms with Gasteiger partial charge in [0.2, 0.25) is 0 Å². The summed E-state index contributed by atoms with van der Waals surface area (Å²) in [6, 6.07) is 10.0. The monoisotopic (exact) mass is 241 g/mol. The second kappa shape index (κ2) is 5.67. The lowest BCUT2D eigenvalue weighted by Crippen LogP contribution is -2.15. The Hall–Kier alpha value is -1.83. The van der Waals surface area contributed by atoms with Gasteiger partial charge in [-0.3, -0.25) is 4.79 Å². The molecule has 0 aromatic heterocycles. The van der Waals surface area contributed by atoms with Crippen LogP contribution in [0, 0.1) is 0 Å². The van der Waals surface area contributed by atoms with Crippen LogP contribution >= 0.6 is 0 Å². The van der Waals surface area contributed by atoms with Crippen LogP contribution in [0.25, 0.3) is 6.08 Å². The van der Waals surface area contributed by atoms with Gasteiger partial charge in [0.15, 0.2) is 5.78 Å². The number of rotatable bonds is 2. The van der Waals surface area contributed by atoms with Crippen LogP contribution < -0.4 is 0 Å². The maximum atomic E-state index is 12.3. The second-order valence-corrected chi connectivity index (χ2v) is 4.88. The van der Waals surface area contributed by atoms with Crippen molar-refractivity contribution in [2.45, 2.75) is 19.3 Å². The Labute approximate surface area is 109 Å². The van der Waals surface area contributed by atoms with Crippen molar-refractivity contribution in [2.24, 2.45) is 0 Å². The fraction of sp³-hybridized carbons (Fsp3) is 0.312. The number of nitrogens with zero attached hydrogens (tertiary/aromatic N) is 1. The number of carbonyl (C=O) groups excluding carboxylic acids is 1. The molecule has 1 aromatic carbocycles. The Morgan fingerprint density at radius 3 is 2.39 bits per heavy atom. The molecule has 0 N–H and O–H groups in total. The minimum absolute atomic E-state index is 0.207. The van der Waals surface area contributed by atoms with E-state index in [9.17, 15) is 4.79 Å². The zero-order valence-corrected chi connectivity index (χ0v) is 11.0. The molecule has 1 aliphatic rings. The molecule has 2 heteroatoms. The molecule has 0 radical (unpaired) electrons. The standard InChI is InChI=1S/C16H19NO/c1-17(2)12-15-10-6-9-14(16(15)18)11-13-7-4-3-5-8-13/h3-5,7-8,11-12H,6,9-10H2,1-2H3/b14-11+,15-12+. The topological polar surface area (TPSA) is 20.3 Å². The van der Waals surface area contributed by atoms with Gasteiger partial charge in [-0.2, -0.15) is 0 Å². The van der Waals surface area contributed by atoms with Crippen molar-refractivity contribution < 1.29 is 4.79 Å². The maximum Gasteiger partial charge on any atom is 0.186 e. The highest BCUT2D eigenvalue weighted by Gasteiger charge is 2.20. The molecule has 2 nitrogen and oxygen atoms in total. The molecule has 1 aliphatic carbocycles. The van der Waals surface area contributed by atoms with Crippen molar-refractivity contribution in [3.05, 3.63) is 53.2 Å². The van der Waals surface area contributed by atoms with Crippen LogP contribution in [-0.4, -0.2) is 24.8 Å². The van der Waals surface area contributed by atoms with E-state index in [4.69, 9.17) is 0 Å². The number of hydrogen-bond donors (Lipinski definition) is 0. The van der Waals surface area contributed by atoms with Gasteiger partial charge in [0.1, 0.15) is 0 Å². The Kier molecular flexibility index (Phi) is 3.98. The van der Waals surface area contributed by atoms with Gasteiger partial charge in [-0.05, 0) is 30.9 Å². The van der Waals surface area contributed by atoms with E-state index in [0.717, 1.165) is 36.0 Å². The minimum Gasteiger partial charge on any atom is -0.383 e. The third-order valence-corrected chi connectivity index (χ3v) is 3.03. The molecule has 1 aromatic rings. The average molecular weight is 241 g/mol. The van der Waals surface area contributed by atoms with Crippen LogP contribution in [0.2, 0.25) is 0 Å². The molecule has 0 spiro atoms. The molecule has 0 aliphatic heterocycles. The Bertz CT molecular complexity index is 483. The van der Waals surface area contributed by atoms with Gasteiger partial charge in [-0.25, -0.2) is 0 Å². The Morgan fingerprint density at radius 1 is 1.06 bits per heavy atom. The van der Waals surface area contributed by atoms with Crippen LogP contribution in [0.15, 0.2) is 47.7 Å². The normalized spacial score (nSPS) is 20.4. The molecular formula is C16H19NO. The van der Waals surface area contributed by atoms with Gasteiger partial charge in [-0.1, -0.05) is 30.3 Å². The predicted octanol–water partition coefficient (Wildman–Crippen LogP) is 3.27. The van der Waals surface area contributed by atoms with E-state index in [2.05, 4.69) is 0 Å². The lowest BCUT2D eigenvalue weighted by Gasteiger charge is -2.18. The molecule has 0 saturated heterocycles. The molecule has 0 bridgehead atoms. The van der Waals surface area contributed by atoms with Gasteiger partial charge in [-0.15, -0.1) is 0 Å². The van der Waals surface area contributed by atoms with Crippen LogP contribution in [0.1, 0.15) is 24.8 Å². The van der Waals surface area contributed by atoms with Crippen molar-refractivity contribution in [3.63, 3.8) is 0 Å². The summed E-state index contributed by atoms with van der Waals surface area (Å²) in [5, 5.41) is 0. The minimum atomic E-state index is 0.207. The first-order valence-corrected chi connectivity index (χ1v) is 6.34. The lowest BCUT2D eigenvalue weighted by atomic mass is 9.88. The fourth-order valence-corrected chi connectivity index (χ4v) is 2.23. The molecule has 0 atom stereocenters. The highest BCUT2D eigenvalue weighted by molar-refractivity contribution is 6.11. The third-order valence-electron chi connectivity index (χ3n) is 3.03. The van der Waals surface area contributed by atoms with Gasteiger partial charge in [0.25, 0.3) is 0 Å². The highest BCUT2D eigenvalue weighted by atomic mass is 16.1. The van der Waals surface area contributed by atoms with E-state index in [1.807, 2.05) is 61.6 Å². The molecule has 18 heavy (non-hydrogen) atoms. The average Bonchev–Trinajstić information content (AvgIpc) is 2.35. The van der Waals surface area contributed by atoms with Crippen LogP contribution in [0.5, 0.6) is 0 Å².